The summed E-state index contributed by atoms with van der Waals surface area (Å²) >= 11 is 0. The molecular weight excluding hydrogens is 349 g/mol. The molecule has 10 heteroatoms. The van der Waals surface area contributed by atoms with Crippen molar-refractivity contribution in [2.45, 2.75) is 18.6 Å². The van der Waals surface area contributed by atoms with Crippen molar-refractivity contribution in [3.63, 3.8) is 0 Å². The lowest BCUT2D eigenvalue weighted by Gasteiger charge is -2.24. The highest BCUT2D eigenvalue weighted by Crippen LogP contribution is 2.37. The summed E-state index contributed by atoms with van der Waals surface area (Å²) < 4.78 is 41.8. The van der Waals surface area contributed by atoms with Gasteiger partial charge in [0.1, 0.15) is 30.0 Å². The molecule has 0 radical (unpaired) electrons. The number of carbonyl (C=O) groups is 1. The van der Waals surface area contributed by atoms with Crippen LogP contribution in [0.3, 0.4) is 0 Å². The third-order valence-electron chi connectivity index (χ3n) is 4.42. The van der Waals surface area contributed by atoms with Gasteiger partial charge in [-0.15, -0.1) is 0 Å². The summed E-state index contributed by atoms with van der Waals surface area (Å²) in [6.45, 7) is -0.262. The highest BCUT2D eigenvalue weighted by Gasteiger charge is 2.39. The number of H-pyrrole nitrogens is 1. The minimum atomic E-state index is -1.37. The average molecular weight is 362 g/mol. The number of nitrogens with two attached hydrogens (primary N) is 1. The number of rotatable bonds is 2. The number of benzene rings is 1. The van der Waals surface area contributed by atoms with Gasteiger partial charge in [0.25, 0.3) is 5.91 Å². The van der Waals surface area contributed by atoms with Crippen molar-refractivity contribution < 1.29 is 18.0 Å². The van der Waals surface area contributed by atoms with E-state index in [9.17, 15) is 18.0 Å². The maximum absolute atomic E-state index is 14.2. The number of carbonyl (C=O) groups excluding carboxylic acids is 1. The van der Waals surface area contributed by atoms with E-state index in [-0.39, 0.29) is 41.1 Å². The zero-order valence-corrected chi connectivity index (χ0v) is 13.3. The first kappa shape index (κ1) is 16.3. The molecule has 0 unspecified atom stereocenters. The Morgan fingerprint density at radius 2 is 2.12 bits per heavy atom. The maximum atomic E-state index is 14.2. The van der Waals surface area contributed by atoms with E-state index in [2.05, 4.69) is 20.2 Å². The summed E-state index contributed by atoms with van der Waals surface area (Å²) in [5.41, 5.74) is 5.87. The molecule has 3 aromatic rings. The van der Waals surface area contributed by atoms with E-state index in [0.29, 0.717) is 0 Å². The molecule has 0 spiro atoms. The second-order valence-corrected chi connectivity index (χ2v) is 6.03. The summed E-state index contributed by atoms with van der Waals surface area (Å²) in [7, 11) is 0. The summed E-state index contributed by atoms with van der Waals surface area (Å²) in [6.07, 6.45) is -0.298. The molecule has 1 aromatic carbocycles. The number of halogens is 3. The van der Waals surface area contributed by atoms with E-state index in [1.807, 2.05) is 0 Å². The monoisotopic (exact) mass is 362 g/mol. The molecule has 2 atom stereocenters. The van der Waals surface area contributed by atoms with Crippen molar-refractivity contribution in [2.75, 3.05) is 12.3 Å². The Morgan fingerprint density at radius 3 is 2.92 bits per heavy atom. The molecule has 3 N–H and O–H groups in total. The predicted octanol–water partition coefficient (Wildman–Crippen LogP) is 2.14. The maximum Gasteiger partial charge on any atom is 0.275 e. The summed E-state index contributed by atoms with van der Waals surface area (Å²) in [6, 6.07) is 1.94. The second kappa shape index (κ2) is 5.97. The van der Waals surface area contributed by atoms with Crippen molar-refractivity contribution in [3.8, 4) is 0 Å². The molecule has 1 aliphatic heterocycles. The van der Waals surface area contributed by atoms with E-state index in [1.54, 1.807) is 0 Å². The minimum Gasteiger partial charge on any atom is -0.383 e. The van der Waals surface area contributed by atoms with E-state index in [1.165, 1.54) is 6.33 Å². The minimum absolute atomic E-state index is 0.0385. The zero-order valence-electron chi connectivity index (χ0n) is 13.3. The van der Waals surface area contributed by atoms with E-state index in [0.717, 1.165) is 23.1 Å². The number of amides is 1. The first-order valence-corrected chi connectivity index (χ1v) is 7.80. The Balaban J connectivity index is 1.77. The van der Waals surface area contributed by atoms with Gasteiger partial charge in [-0.1, -0.05) is 0 Å². The van der Waals surface area contributed by atoms with Crippen LogP contribution in [0, 0.1) is 11.6 Å². The van der Waals surface area contributed by atoms with Gasteiger partial charge in [-0.25, -0.2) is 23.1 Å². The molecule has 1 amide bonds. The average Bonchev–Trinajstić information content (AvgIpc) is 3.21. The van der Waals surface area contributed by atoms with Crippen LogP contribution < -0.4 is 5.73 Å². The highest BCUT2D eigenvalue weighted by atomic mass is 19.1. The Hall–Kier alpha value is -3.17. The Labute approximate surface area is 145 Å². The summed E-state index contributed by atoms with van der Waals surface area (Å²) in [5.74, 6) is -2.00. The quantitative estimate of drug-likeness (QED) is 0.727. The van der Waals surface area contributed by atoms with Crippen LogP contribution in [0.4, 0.5) is 19.0 Å². The van der Waals surface area contributed by atoms with Crippen LogP contribution in [0.15, 0.2) is 24.5 Å². The normalized spacial score (nSPS) is 20.0. The van der Waals surface area contributed by atoms with E-state index < -0.39 is 29.8 Å². The van der Waals surface area contributed by atoms with Gasteiger partial charge < -0.3 is 10.6 Å². The fourth-order valence-electron chi connectivity index (χ4n) is 3.25. The number of nitrogens with one attached hydrogen (secondary N) is 1. The smallest absolute Gasteiger partial charge is 0.275 e. The first-order chi connectivity index (χ1) is 12.5. The van der Waals surface area contributed by atoms with Crippen LogP contribution in [-0.4, -0.2) is 43.7 Å². The Kier molecular flexibility index (Phi) is 3.74. The molecule has 1 saturated heterocycles. The lowest BCUT2D eigenvalue weighted by atomic mass is 10.0. The predicted molar refractivity (Wildman–Crippen MR) is 85.7 cm³/mol. The molecule has 4 rings (SSSR count). The van der Waals surface area contributed by atoms with Gasteiger partial charge in [-0.3, -0.25) is 9.89 Å². The van der Waals surface area contributed by atoms with Gasteiger partial charge in [0.05, 0.1) is 18.0 Å². The number of likely N-dealkylation sites (tertiary alicyclic amines) is 1. The topological polar surface area (TPSA) is 101 Å². The fraction of sp³-hybridized carbons (Fsp3) is 0.250. The second-order valence-electron chi connectivity index (χ2n) is 6.03. The number of alkyl halides is 1. The van der Waals surface area contributed by atoms with Crippen LogP contribution >= 0.6 is 0 Å². The van der Waals surface area contributed by atoms with Gasteiger partial charge >= 0.3 is 0 Å². The lowest BCUT2D eigenvalue weighted by molar-refractivity contribution is 0.0722. The van der Waals surface area contributed by atoms with E-state index >= 15 is 0 Å². The molecule has 2 aromatic heterocycles. The van der Waals surface area contributed by atoms with Crippen LogP contribution in [0.25, 0.3) is 11.0 Å². The Bertz CT molecular complexity index is 1010. The fourth-order valence-corrected chi connectivity index (χ4v) is 3.25. The van der Waals surface area contributed by atoms with Crippen LogP contribution in [-0.2, 0) is 0 Å². The molecule has 1 fully saturated rings. The van der Waals surface area contributed by atoms with Gasteiger partial charge in [-0.05, 0) is 18.2 Å². The van der Waals surface area contributed by atoms with Crippen LogP contribution in [0.2, 0.25) is 0 Å². The first-order valence-electron chi connectivity index (χ1n) is 7.80. The van der Waals surface area contributed by atoms with E-state index in [4.69, 9.17) is 5.73 Å². The van der Waals surface area contributed by atoms with Gasteiger partial charge in [0, 0.05) is 12.0 Å². The van der Waals surface area contributed by atoms with Gasteiger partial charge in [0.2, 0.25) is 0 Å². The number of nitrogens with zero attached hydrogens (tertiary/aromatic N) is 4. The van der Waals surface area contributed by atoms with Gasteiger partial charge in [0.15, 0.2) is 11.3 Å². The molecule has 7 nitrogen and oxygen atoms in total. The summed E-state index contributed by atoms with van der Waals surface area (Å²) in [5, 5.41) is 6.67. The number of nitrogen functional groups attached to an aromatic ring is 1. The third-order valence-corrected chi connectivity index (χ3v) is 4.42. The number of anilines is 1. The number of hydrogen-bond donors (Lipinski definition) is 2. The standard InChI is InChI=1S/C16H13F3N6O/c17-7-1-2-10(19)9(3-7)11-4-8(18)5-25(11)16(26)13-12-14(20)21-6-22-15(12)24-23-13/h1-3,6,8,11H,4-5H2,(H3,20,21,22,23,24)/t8-,11+/m0/s1. The van der Waals surface area contributed by atoms with Crippen molar-refractivity contribution in [1.29, 1.82) is 0 Å². The van der Waals surface area contributed by atoms with Crippen LogP contribution in [0.1, 0.15) is 28.5 Å². The number of fused-ring (bicyclic) bond motifs is 1. The molecule has 1 aliphatic rings. The summed E-state index contributed by atoms with van der Waals surface area (Å²) in [4.78, 5) is 21.8. The molecule has 134 valence electrons. The highest BCUT2D eigenvalue weighted by molar-refractivity contribution is 6.07. The van der Waals surface area contributed by atoms with Crippen molar-refractivity contribution >= 4 is 22.8 Å². The number of aromatic amines is 1. The molecule has 3 heterocycles. The number of hydrogen-bond acceptors (Lipinski definition) is 5. The van der Waals surface area contributed by atoms with Gasteiger partial charge in [-0.2, -0.15) is 5.10 Å². The molecule has 26 heavy (non-hydrogen) atoms. The van der Waals surface area contributed by atoms with Crippen molar-refractivity contribution in [3.05, 3.63) is 47.4 Å². The third kappa shape index (κ3) is 2.54. The molecular formula is C16H13F3N6O. The van der Waals surface area contributed by atoms with Crippen molar-refractivity contribution in [2.24, 2.45) is 0 Å². The molecule has 0 bridgehead atoms. The Morgan fingerprint density at radius 1 is 1.31 bits per heavy atom. The zero-order chi connectivity index (χ0) is 18.4. The van der Waals surface area contributed by atoms with Crippen LogP contribution in [0.5, 0.6) is 0 Å². The molecule has 0 saturated carbocycles. The van der Waals surface area contributed by atoms with Crippen molar-refractivity contribution in [1.82, 2.24) is 25.1 Å². The number of aromatic nitrogens is 4. The largest absolute Gasteiger partial charge is 0.383 e. The lowest BCUT2D eigenvalue weighted by Crippen LogP contribution is -2.32. The SMILES string of the molecule is Nc1ncnc2[nH]nc(C(=O)N3C[C@@H](F)C[C@@H]3c3cc(F)ccc3F)c12. The molecule has 0 aliphatic carbocycles.